The third-order valence-electron chi connectivity index (χ3n) is 3.88. The lowest BCUT2D eigenvalue weighted by Gasteiger charge is -2.21. The van der Waals surface area contributed by atoms with Crippen molar-refractivity contribution in [1.82, 2.24) is 0 Å². The van der Waals surface area contributed by atoms with Gasteiger partial charge in [-0.2, -0.15) is 0 Å². The minimum atomic E-state index is -0.634. The summed E-state index contributed by atoms with van der Waals surface area (Å²) in [5, 5.41) is 12.6. The van der Waals surface area contributed by atoms with Gasteiger partial charge in [0.15, 0.2) is 0 Å². The number of carbonyl (C=O) groups excluding carboxylic acids is 1. The van der Waals surface area contributed by atoms with Crippen LogP contribution in [0.1, 0.15) is 18.0 Å². The van der Waals surface area contributed by atoms with Crippen molar-refractivity contribution >= 4 is 28.9 Å². The summed E-state index contributed by atoms with van der Waals surface area (Å²) in [6.45, 7) is 1.85. The van der Waals surface area contributed by atoms with Crippen LogP contribution in [0.4, 0.5) is 11.4 Å². The maximum atomic E-state index is 11.5. The molecule has 102 valence electrons. The van der Waals surface area contributed by atoms with Crippen LogP contribution in [-0.4, -0.2) is 30.7 Å². The molecule has 2 heterocycles. The second-order valence-corrected chi connectivity index (χ2v) is 5.55. The van der Waals surface area contributed by atoms with Crippen molar-refractivity contribution in [3.8, 4) is 0 Å². The van der Waals surface area contributed by atoms with Crippen molar-refractivity contribution in [2.75, 3.05) is 29.9 Å². The normalized spacial score (nSPS) is 25.6. The van der Waals surface area contributed by atoms with Crippen LogP contribution in [0.25, 0.3) is 0 Å². The smallest absolute Gasteiger partial charge is 0.245 e. The average Bonchev–Trinajstić information content (AvgIpc) is 2.96. The Hall–Kier alpha value is -1.30. The summed E-state index contributed by atoms with van der Waals surface area (Å²) >= 11 is 6.29. The third kappa shape index (κ3) is 2.08. The molecule has 1 aromatic carbocycles. The number of nitrogens with two attached hydrogens (primary N) is 1. The van der Waals surface area contributed by atoms with Gasteiger partial charge in [-0.3, -0.25) is 4.79 Å². The molecule has 0 aliphatic carbocycles. The quantitative estimate of drug-likeness (QED) is 0.759. The predicted octanol–water partition coefficient (Wildman–Crippen LogP) is 1.11. The zero-order valence-electron chi connectivity index (χ0n) is 10.4. The number of aliphatic hydroxyl groups excluding tert-OH is 1. The van der Waals surface area contributed by atoms with Gasteiger partial charge in [0.25, 0.3) is 0 Å². The third-order valence-corrected chi connectivity index (χ3v) is 4.18. The van der Waals surface area contributed by atoms with Crippen molar-refractivity contribution in [1.29, 1.82) is 0 Å². The van der Waals surface area contributed by atoms with Gasteiger partial charge in [-0.1, -0.05) is 11.6 Å². The number of aliphatic hydroxyl groups is 1. The van der Waals surface area contributed by atoms with Crippen molar-refractivity contribution < 1.29 is 9.90 Å². The maximum absolute atomic E-state index is 11.5. The van der Waals surface area contributed by atoms with Gasteiger partial charge in [0.2, 0.25) is 5.91 Å². The number of nitrogens with one attached hydrogen (secondary N) is 1. The van der Waals surface area contributed by atoms with E-state index < -0.39 is 6.04 Å². The molecular weight excluding hydrogens is 266 g/mol. The van der Waals surface area contributed by atoms with Crippen LogP contribution in [0.3, 0.4) is 0 Å². The molecule has 0 radical (unpaired) electrons. The highest BCUT2D eigenvalue weighted by Gasteiger charge is 2.30. The van der Waals surface area contributed by atoms with E-state index in [1.807, 2.05) is 6.07 Å². The molecule has 1 fully saturated rings. The van der Waals surface area contributed by atoms with Gasteiger partial charge in [0.05, 0.1) is 10.7 Å². The Labute approximate surface area is 116 Å². The molecule has 3 rings (SSSR count). The molecule has 1 saturated heterocycles. The summed E-state index contributed by atoms with van der Waals surface area (Å²) in [7, 11) is 0. The molecule has 6 heteroatoms. The van der Waals surface area contributed by atoms with Crippen LogP contribution >= 0.6 is 11.6 Å². The number of hydrogen-bond donors (Lipinski definition) is 3. The number of hydrogen-bond acceptors (Lipinski definition) is 4. The van der Waals surface area contributed by atoms with Crippen molar-refractivity contribution in [2.45, 2.75) is 12.5 Å². The molecule has 4 N–H and O–H groups in total. The van der Waals surface area contributed by atoms with Gasteiger partial charge in [0, 0.05) is 36.9 Å². The maximum Gasteiger partial charge on any atom is 0.245 e. The van der Waals surface area contributed by atoms with E-state index >= 15 is 0 Å². The first-order valence-electron chi connectivity index (χ1n) is 6.36. The second kappa shape index (κ2) is 4.67. The number of halogens is 1. The zero-order chi connectivity index (χ0) is 13.6. The highest BCUT2D eigenvalue weighted by atomic mass is 35.5. The Kier molecular flexibility index (Phi) is 3.12. The molecule has 0 spiro atoms. The number of rotatable bonds is 2. The molecule has 0 saturated carbocycles. The van der Waals surface area contributed by atoms with Crippen LogP contribution in [0.2, 0.25) is 5.02 Å². The number of carbonyl (C=O) groups is 1. The summed E-state index contributed by atoms with van der Waals surface area (Å²) in [5.74, 6) is 0.0963. The molecule has 5 nitrogen and oxygen atoms in total. The van der Waals surface area contributed by atoms with Crippen molar-refractivity contribution in [2.24, 2.45) is 11.7 Å². The Bertz CT molecular complexity index is 535. The van der Waals surface area contributed by atoms with Crippen LogP contribution in [0, 0.1) is 5.92 Å². The summed E-state index contributed by atoms with van der Waals surface area (Å²) in [6, 6.07) is 3.01. The summed E-state index contributed by atoms with van der Waals surface area (Å²) in [5.41, 5.74) is 8.17. The van der Waals surface area contributed by atoms with Crippen molar-refractivity contribution in [3.63, 3.8) is 0 Å². The number of anilines is 2. The van der Waals surface area contributed by atoms with Gasteiger partial charge < -0.3 is 21.1 Å². The van der Waals surface area contributed by atoms with E-state index in [2.05, 4.69) is 10.2 Å². The predicted molar refractivity (Wildman–Crippen MR) is 74.4 cm³/mol. The standard InChI is InChI=1S/C13H16ClN3O2/c14-9-3-8-10(16-13(19)12(8)15)4-11(9)17-2-1-7(5-17)6-18/h3-4,7,12,18H,1-2,5-6,15H2,(H,16,19). The van der Waals surface area contributed by atoms with E-state index in [9.17, 15) is 9.90 Å². The van der Waals surface area contributed by atoms with E-state index in [1.54, 1.807) is 6.07 Å². The number of nitrogens with zero attached hydrogens (tertiary/aromatic N) is 1. The highest BCUT2D eigenvalue weighted by molar-refractivity contribution is 6.33. The topological polar surface area (TPSA) is 78.6 Å². The molecule has 2 atom stereocenters. The van der Waals surface area contributed by atoms with Gasteiger partial charge >= 0.3 is 0 Å². The summed E-state index contributed by atoms with van der Waals surface area (Å²) in [4.78, 5) is 13.7. The fourth-order valence-corrected chi connectivity index (χ4v) is 3.03. The first kappa shape index (κ1) is 12.7. The van der Waals surface area contributed by atoms with Crippen molar-refractivity contribution in [3.05, 3.63) is 22.7 Å². The van der Waals surface area contributed by atoms with Gasteiger partial charge in [0.1, 0.15) is 6.04 Å². The molecule has 2 unspecified atom stereocenters. The lowest BCUT2D eigenvalue weighted by molar-refractivity contribution is -0.116. The average molecular weight is 282 g/mol. The molecule has 1 amide bonds. The largest absolute Gasteiger partial charge is 0.396 e. The lowest BCUT2D eigenvalue weighted by Crippen LogP contribution is -2.21. The van der Waals surface area contributed by atoms with Gasteiger partial charge in [-0.15, -0.1) is 0 Å². The van der Waals surface area contributed by atoms with E-state index in [0.717, 1.165) is 36.4 Å². The minimum Gasteiger partial charge on any atom is -0.396 e. The van der Waals surface area contributed by atoms with Gasteiger partial charge in [-0.05, 0) is 18.6 Å². The zero-order valence-corrected chi connectivity index (χ0v) is 11.2. The Morgan fingerprint density at radius 2 is 2.32 bits per heavy atom. The van der Waals surface area contributed by atoms with E-state index in [0.29, 0.717) is 10.9 Å². The molecule has 0 bridgehead atoms. The van der Waals surface area contributed by atoms with Gasteiger partial charge in [-0.25, -0.2) is 0 Å². The fourth-order valence-electron chi connectivity index (χ4n) is 2.74. The van der Waals surface area contributed by atoms with Crippen LogP contribution in [0.5, 0.6) is 0 Å². The first-order valence-corrected chi connectivity index (χ1v) is 6.73. The molecular formula is C13H16ClN3O2. The Balaban J connectivity index is 1.92. The molecule has 19 heavy (non-hydrogen) atoms. The summed E-state index contributed by atoms with van der Waals surface area (Å²) < 4.78 is 0. The monoisotopic (exact) mass is 281 g/mol. The SMILES string of the molecule is NC1C(=O)Nc2cc(N3CCC(CO)C3)c(Cl)cc21. The minimum absolute atomic E-state index is 0.195. The van der Waals surface area contributed by atoms with E-state index in [1.165, 1.54) is 0 Å². The number of fused-ring (bicyclic) bond motifs is 1. The highest BCUT2D eigenvalue weighted by Crippen LogP contribution is 2.39. The van der Waals surface area contributed by atoms with E-state index in [4.69, 9.17) is 17.3 Å². The molecule has 1 aromatic rings. The summed E-state index contributed by atoms with van der Waals surface area (Å²) in [6.07, 6.45) is 0.954. The fraction of sp³-hybridized carbons (Fsp3) is 0.462. The molecule has 0 aromatic heterocycles. The first-order chi connectivity index (χ1) is 9.10. The van der Waals surface area contributed by atoms with E-state index in [-0.39, 0.29) is 12.5 Å². The van der Waals surface area contributed by atoms with Crippen LogP contribution in [0.15, 0.2) is 12.1 Å². The Morgan fingerprint density at radius 1 is 1.53 bits per heavy atom. The number of benzene rings is 1. The molecule has 2 aliphatic heterocycles. The van der Waals surface area contributed by atoms with Crippen LogP contribution in [-0.2, 0) is 4.79 Å². The number of amides is 1. The molecule has 2 aliphatic rings. The van der Waals surface area contributed by atoms with Crippen LogP contribution < -0.4 is 16.0 Å². The second-order valence-electron chi connectivity index (χ2n) is 5.14. The Morgan fingerprint density at radius 3 is 3.00 bits per heavy atom. The lowest BCUT2D eigenvalue weighted by atomic mass is 10.1.